The number of hydrogen-bond acceptors (Lipinski definition) is 0. The van der Waals surface area contributed by atoms with Crippen LogP contribution in [0.5, 0.6) is 0 Å². The van der Waals surface area contributed by atoms with E-state index in [1.165, 1.54) is 64.6 Å². The smallest absolute Gasteiger partial charge is 0.0105 e. The summed E-state index contributed by atoms with van der Waals surface area (Å²) in [4.78, 5) is 0. The van der Waals surface area contributed by atoms with Gasteiger partial charge in [0.05, 0.1) is 0 Å². The van der Waals surface area contributed by atoms with E-state index in [0.717, 1.165) is 0 Å². The first-order valence-electron chi connectivity index (χ1n) is 12.4. The molecular formula is C36H24. The molecular weight excluding hydrogens is 432 g/mol. The van der Waals surface area contributed by atoms with Crippen LogP contribution in [0.3, 0.4) is 0 Å². The van der Waals surface area contributed by atoms with Crippen molar-refractivity contribution in [1.29, 1.82) is 0 Å². The molecule has 0 spiro atoms. The second-order valence-electron chi connectivity index (χ2n) is 9.37. The van der Waals surface area contributed by atoms with Gasteiger partial charge in [0, 0.05) is 0 Å². The second kappa shape index (κ2) is 8.52. The first-order chi connectivity index (χ1) is 17.8. The molecule has 0 N–H and O–H groups in total. The SMILES string of the molecule is c1ccc2c3ccc(cc3)c3ccccc3c3ccc(cc3)c3ccccc3c3ccc(cc3)c2c1. The van der Waals surface area contributed by atoms with Crippen LogP contribution >= 0.6 is 0 Å². The Morgan fingerprint density at radius 1 is 0.167 bits per heavy atom. The van der Waals surface area contributed by atoms with Crippen molar-refractivity contribution in [2.24, 2.45) is 0 Å². The van der Waals surface area contributed by atoms with E-state index in [2.05, 4.69) is 146 Å². The lowest BCUT2D eigenvalue weighted by Gasteiger charge is -2.04. The van der Waals surface area contributed by atoms with Crippen LogP contribution in [0.15, 0.2) is 146 Å². The van der Waals surface area contributed by atoms with Crippen molar-refractivity contribution in [2.45, 2.75) is 0 Å². The van der Waals surface area contributed by atoms with Crippen LogP contribution < -0.4 is 0 Å². The van der Waals surface area contributed by atoms with Gasteiger partial charge in [-0.15, -0.1) is 0 Å². The molecule has 0 unspecified atom stereocenters. The van der Waals surface area contributed by atoms with E-state index in [-0.39, 0.29) is 0 Å². The normalized spacial score (nSPS) is 11.3. The zero-order chi connectivity index (χ0) is 23.9. The summed E-state index contributed by atoms with van der Waals surface area (Å²) >= 11 is 0. The third-order valence-electron chi connectivity index (χ3n) is 7.30. The van der Waals surface area contributed by atoms with Crippen LogP contribution in [-0.4, -0.2) is 0 Å². The third kappa shape index (κ3) is 3.47. The highest BCUT2D eigenvalue weighted by atomic mass is 14.1. The quantitative estimate of drug-likeness (QED) is 0.213. The average molecular weight is 457 g/mol. The summed E-state index contributed by atoms with van der Waals surface area (Å²) in [5.41, 5.74) is 0. The van der Waals surface area contributed by atoms with Gasteiger partial charge in [0.25, 0.3) is 0 Å². The Bertz CT molecular complexity index is 1600. The summed E-state index contributed by atoms with van der Waals surface area (Å²) in [7, 11) is 0. The maximum Gasteiger partial charge on any atom is -0.0105 e. The Labute approximate surface area is 210 Å². The molecule has 0 saturated heterocycles. The van der Waals surface area contributed by atoms with Crippen LogP contribution in [-0.2, 0) is 0 Å². The van der Waals surface area contributed by atoms with Crippen molar-refractivity contribution in [3.8, 4) is 0 Å². The van der Waals surface area contributed by atoms with E-state index >= 15 is 0 Å². The molecule has 0 aliphatic heterocycles. The molecule has 0 atom stereocenters. The molecule has 0 fully saturated rings. The lowest BCUT2D eigenvalue weighted by Crippen LogP contribution is -1.78. The zero-order valence-corrected chi connectivity index (χ0v) is 19.9. The van der Waals surface area contributed by atoms with Crippen molar-refractivity contribution >= 4 is 64.6 Å². The highest BCUT2D eigenvalue weighted by molar-refractivity contribution is 6.11. The molecule has 0 radical (unpaired) electrons. The average Bonchev–Trinajstić information content (AvgIpc) is 2.97. The van der Waals surface area contributed by atoms with Crippen LogP contribution in [0, 0.1) is 0 Å². The first-order valence-corrected chi connectivity index (χ1v) is 12.4. The topological polar surface area (TPSA) is 0 Å². The minimum Gasteiger partial charge on any atom is -0.0616 e. The van der Waals surface area contributed by atoms with Gasteiger partial charge >= 0.3 is 0 Å². The molecule has 10 aromatic carbocycles. The third-order valence-corrected chi connectivity index (χ3v) is 7.30. The maximum atomic E-state index is 2.25. The van der Waals surface area contributed by atoms with Gasteiger partial charge in [-0.25, -0.2) is 0 Å². The Kier molecular flexibility index (Phi) is 4.89. The van der Waals surface area contributed by atoms with Crippen molar-refractivity contribution in [3.63, 3.8) is 0 Å². The van der Waals surface area contributed by atoms with Crippen molar-refractivity contribution in [1.82, 2.24) is 0 Å². The zero-order valence-electron chi connectivity index (χ0n) is 19.9. The summed E-state index contributed by atoms with van der Waals surface area (Å²) in [6.45, 7) is 0. The largest absolute Gasteiger partial charge is 0.0616 e. The van der Waals surface area contributed by atoms with Gasteiger partial charge in [-0.2, -0.15) is 0 Å². The summed E-state index contributed by atoms with van der Waals surface area (Å²) in [6, 6.07) is 53.1. The molecule has 168 valence electrons. The Balaban J connectivity index is 1.72. The highest BCUT2D eigenvalue weighted by Gasteiger charge is 2.01. The number of rotatable bonds is 0. The number of benzene rings is 6. The highest BCUT2D eigenvalue weighted by Crippen LogP contribution is 2.29. The predicted octanol–water partition coefficient (Wildman–Crippen LogP) is 10.3. The fourth-order valence-corrected chi connectivity index (χ4v) is 5.45. The summed E-state index contributed by atoms with van der Waals surface area (Å²) < 4.78 is 0. The van der Waals surface area contributed by atoms with Crippen LogP contribution in [0.25, 0.3) is 64.6 Å². The predicted molar refractivity (Wildman–Crippen MR) is 158 cm³/mol. The van der Waals surface area contributed by atoms with Gasteiger partial charge in [0.2, 0.25) is 0 Å². The first kappa shape index (κ1) is 20.7. The molecule has 36 heavy (non-hydrogen) atoms. The Hall–Kier alpha value is -4.68. The molecule has 0 amide bonds. The Morgan fingerprint density at radius 3 is 0.444 bits per heavy atom. The molecule has 6 bridgehead atoms. The van der Waals surface area contributed by atoms with Gasteiger partial charge in [-0.1, -0.05) is 146 Å². The van der Waals surface area contributed by atoms with Crippen molar-refractivity contribution < 1.29 is 0 Å². The minimum atomic E-state index is 1.23. The van der Waals surface area contributed by atoms with E-state index in [1.807, 2.05) is 0 Å². The summed E-state index contributed by atoms with van der Waals surface area (Å²) in [5.74, 6) is 0. The lowest BCUT2D eigenvalue weighted by molar-refractivity contribution is 1.77. The monoisotopic (exact) mass is 456 g/mol. The maximum absolute atomic E-state index is 2.25. The molecule has 0 heterocycles. The van der Waals surface area contributed by atoms with Gasteiger partial charge in [0.1, 0.15) is 0 Å². The summed E-state index contributed by atoms with van der Waals surface area (Å²) in [6.07, 6.45) is 0. The Morgan fingerprint density at radius 2 is 0.306 bits per heavy atom. The molecule has 0 nitrogen and oxygen atoms in total. The van der Waals surface area contributed by atoms with Crippen molar-refractivity contribution in [3.05, 3.63) is 146 Å². The fourth-order valence-electron chi connectivity index (χ4n) is 5.45. The minimum absolute atomic E-state index is 1.23. The fraction of sp³-hybridized carbons (Fsp3) is 0. The molecule has 0 aliphatic carbocycles. The summed E-state index contributed by atoms with van der Waals surface area (Å²) in [5, 5.41) is 14.9. The van der Waals surface area contributed by atoms with E-state index in [1.54, 1.807) is 0 Å². The van der Waals surface area contributed by atoms with Crippen LogP contribution in [0.1, 0.15) is 0 Å². The van der Waals surface area contributed by atoms with Crippen LogP contribution in [0.2, 0.25) is 0 Å². The molecule has 10 rings (SSSR count). The number of hydrogen-bond donors (Lipinski definition) is 0. The van der Waals surface area contributed by atoms with E-state index in [0.29, 0.717) is 0 Å². The van der Waals surface area contributed by atoms with Gasteiger partial charge in [-0.3, -0.25) is 0 Å². The van der Waals surface area contributed by atoms with Gasteiger partial charge in [0.15, 0.2) is 0 Å². The second-order valence-corrected chi connectivity index (χ2v) is 9.37. The van der Waals surface area contributed by atoms with E-state index < -0.39 is 0 Å². The van der Waals surface area contributed by atoms with Crippen molar-refractivity contribution in [2.75, 3.05) is 0 Å². The standard InChI is InChI=1S/C36H24/c1-2-8-32-26-17-19-28(20-18-26)34-10-5-6-12-36(34)30-23-21-29(22-24-30)35-11-4-3-9-33(35)27-15-13-25(14-16-27)31(32)7-1/h1-24H. The molecule has 0 aromatic heterocycles. The molecule has 0 aliphatic rings. The number of fused-ring (bicyclic) bond motifs is 3. The van der Waals surface area contributed by atoms with E-state index in [9.17, 15) is 0 Å². The van der Waals surface area contributed by atoms with Gasteiger partial charge in [-0.05, 0) is 64.6 Å². The molecule has 10 aromatic rings. The lowest BCUT2D eigenvalue weighted by atomic mass is 10.00. The van der Waals surface area contributed by atoms with Gasteiger partial charge < -0.3 is 0 Å². The van der Waals surface area contributed by atoms with Crippen LogP contribution in [0.4, 0.5) is 0 Å². The molecule has 0 saturated carbocycles. The van der Waals surface area contributed by atoms with E-state index in [4.69, 9.17) is 0 Å². The molecule has 0 heteroatoms.